The SMILES string of the molecule is C=CCN1C(=O)C(Nc2cc(OC)ccc2OC)=C(c2ccc(OCC)cc2)C1=O. The molecule has 0 saturated carbocycles. The van der Waals surface area contributed by atoms with Crippen molar-refractivity contribution < 1.29 is 23.8 Å². The average Bonchev–Trinajstić information content (AvgIpc) is 2.99. The first-order valence-corrected chi connectivity index (χ1v) is 9.47. The Morgan fingerprint density at radius 1 is 1.00 bits per heavy atom. The van der Waals surface area contributed by atoms with Gasteiger partial charge in [0.25, 0.3) is 11.8 Å². The molecule has 2 aromatic rings. The van der Waals surface area contributed by atoms with Crippen LogP contribution in [0.1, 0.15) is 12.5 Å². The minimum atomic E-state index is -0.436. The zero-order valence-corrected chi connectivity index (χ0v) is 17.2. The zero-order chi connectivity index (χ0) is 21.7. The normalized spacial score (nSPS) is 13.5. The van der Waals surface area contributed by atoms with Crippen molar-refractivity contribution in [3.05, 3.63) is 66.4 Å². The number of ether oxygens (including phenoxy) is 3. The number of amides is 2. The van der Waals surface area contributed by atoms with Crippen LogP contribution in [0.4, 0.5) is 5.69 Å². The Morgan fingerprint density at radius 3 is 2.30 bits per heavy atom. The summed E-state index contributed by atoms with van der Waals surface area (Å²) in [5.41, 5.74) is 1.55. The van der Waals surface area contributed by atoms with Crippen molar-refractivity contribution in [2.45, 2.75) is 6.92 Å². The van der Waals surface area contributed by atoms with Crippen molar-refractivity contribution >= 4 is 23.1 Å². The van der Waals surface area contributed by atoms with Gasteiger partial charge < -0.3 is 19.5 Å². The molecule has 1 N–H and O–H groups in total. The summed E-state index contributed by atoms with van der Waals surface area (Å²) in [4.78, 5) is 27.3. The predicted molar refractivity (Wildman–Crippen MR) is 115 cm³/mol. The van der Waals surface area contributed by atoms with Crippen LogP contribution >= 0.6 is 0 Å². The molecular weight excluding hydrogens is 384 g/mol. The second-order valence-corrected chi connectivity index (χ2v) is 6.41. The number of methoxy groups -OCH3 is 2. The summed E-state index contributed by atoms with van der Waals surface area (Å²) in [6.45, 7) is 6.19. The van der Waals surface area contributed by atoms with Gasteiger partial charge in [0, 0.05) is 12.6 Å². The maximum atomic E-state index is 13.1. The lowest BCUT2D eigenvalue weighted by atomic mass is 10.0. The van der Waals surface area contributed by atoms with E-state index in [1.165, 1.54) is 13.2 Å². The lowest BCUT2D eigenvalue weighted by Gasteiger charge is -2.14. The molecule has 7 heteroatoms. The number of nitrogens with zero attached hydrogens (tertiary/aromatic N) is 1. The van der Waals surface area contributed by atoms with Crippen molar-refractivity contribution in [2.24, 2.45) is 0 Å². The third-order valence-corrected chi connectivity index (χ3v) is 4.60. The quantitative estimate of drug-likeness (QED) is 0.506. The van der Waals surface area contributed by atoms with Gasteiger partial charge in [-0.3, -0.25) is 14.5 Å². The van der Waals surface area contributed by atoms with Crippen molar-refractivity contribution in [1.29, 1.82) is 0 Å². The Morgan fingerprint density at radius 2 is 1.70 bits per heavy atom. The Hall–Kier alpha value is -3.74. The van der Waals surface area contributed by atoms with Gasteiger partial charge in [-0.25, -0.2) is 0 Å². The summed E-state index contributed by atoms with van der Waals surface area (Å²) in [7, 11) is 3.08. The topological polar surface area (TPSA) is 77.1 Å². The van der Waals surface area contributed by atoms with Crippen LogP contribution in [0.15, 0.2) is 60.8 Å². The Bertz CT molecular complexity index is 995. The van der Waals surface area contributed by atoms with E-state index >= 15 is 0 Å². The molecule has 2 amide bonds. The molecule has 0 unspecified atom stereocenters. The number of carbonyl (C=O) groups excluding carboxylic acids is 2. The number of nitrogens with one attached hydrogen (secondary N) is 1. The van der Waals surface area contributed by atoms with Gasteiger partial charge in [0.2, 0.25) is 0 Å². The van der Waals surface area contributed by atoms with Crippen LogP contribution in [-0.4, -0.2) is 44.1 Å². The molecule has 0 spiro atoms. The van der Waals surface area contributed by atoms with E-state index in [1.54, 1.807) is 49.6 Å². The van der Waals surface area contributed by atoms with Gasteiger partial charge >= 0.3 is 0 Å². The van der Waals surface area contributed by atoms with Gasteiger partial charge in [-0.1, -0.05) is 18.2 Å². The van der Waals surface area contributed by atoms with E-state index in [2.05, 4.69) is 11.9 Å². The van der Waals surface area contributed by atoms with Gasteiger partial charge in [-0.15, -0.1) is 6.58 Å². The highest BCUT2D eigenvalue weighted by Gasteiger charge is 2.38. The molecule has 1 aliphatic heterocycles. The lowest BCUT2D eigenvalue weighted by molar-refractivity contribution is -0.136. The van der Waals surface area contributed by atoms with Crippen LogP contribution in [0, 0.1) is 0 Å². The molecule has 0 saturated heterocycles. The Balaban J connectivity index is 2.09. The van der Waals surface area contributed by atoms with Crippen LogP contribution in [0.3, 0.4) is 0 Å². The molecule has 156 valence electrons. The molecule has 0 bridgehead atoms. The first-order valence-electron chi connectivity index (χ1n) is 9.47. The van der Waals surface area contributed by atoms with Crippen LogP contribution in [-0.2, 0) is 9.59 Å². The standard InChI is InChI=1S/C23H24N2O5/c1-5-13-25-22(26)20(15-7-9-16(10-8-15)30-6-2)21(23(25)27)24-18-14-17(28-3)11-12-19(18)29-4/h5,7-12,14,24H,1,6,13H2,2-4H3. The number of hydrogen-bond donors (Lipinski definition) is 1. The van der Waals surface area contributed by atoms with Gasteiger partial charge in [0.15, 0.2) is 0 Å². The first-order chi connectivity index (χ1) is 14.5. The van der Waals surface area contributed by atoms with E-state index in [9.17, 15) is 9.59 Å². The van der Waals surface area contributed by atoms with E-state index in [1.807, 2.05) is 6.92 Å². The minimum Gasteiger partial charge on any atom is -0.497 e. The summed E-state index contributed by atoms with van der Waals surface area (Å²) in [5, 5.41) is 3.09. The van der Waals surface area contributed by atoms with E-state index < -0.39 is 11.8 Å². The Labute approximate surface area is 175 Å². The molecular formula is C23H24N2O5. The van der Waals surface area contributed by atoms with Crippen LogP contribution in [0.25, 0.3) is 5.57 Å². The molecule has 0 aliphatic carbocycles. The second kappa shape index (κ2) is 9.17. The minimum absolute atomic E-state index is 0.110. The fourth-order valence-electron chi connectivity index (χ4n) is 3.19. The van der Waals surface area contributed by atoms with Gasteiger partial charge in [0.05, 0.1) is 32.1 Å². The molecule has 0 aromatic heterocycles. The van der Waals surface area contributed by atoms with Crippen molar-refractivity contribution in [2.75, 3.05) is 32.7 Å². The molecule has 0 fully saturated rings. The summed E-state index contributed by atoms with van der Waals surface area (Å²) >= 11 is 0. The third kappa shape index (κ3) is 4.00. The Kier molecular flexibility index (Phi) is 6.41. The summed E-state index contributed by atoms with van der Waals surface area (Å²) in [5.74, 6) is 0.950. The van der Waals surface area contributed by atoms with E-state index in [-0.39, 0.29) is 17.8 Å². The molecule has 2 aromatic carbocycles. The molecule has 1 aliphatic rings. The second-order valence-electron chi connectivity index (χ2n) is 6.41. The van der Waals surface area contributed by atoms with Crippen molar-refractivity contribution in [3.8, 4) is 17.2 Å². The number of benzene rings is 2. The van der Waals surface area contributed by atoms with Crippen LogP contribution < -0.4 is 19.5 Å². The maximum Gasteiger partial charge on any atom is 0.278 e. The van der Waals surface area contributed by atoms with Crippen LogP contribution in [0.5, 0.6) is 17.2 Å². The van der Waals surface area contributed by atoms with E-state index in [0.717, 1.165) is 4.90 Å². The maximum absolute atomic E-state index is 13.1. The van der Waals surface area contributed by atoms with Crippen molar-refractivity contribution in [1.82, 2.24) is 4.90 Å². The summed E-state index contributed by atoms with van der Waals surface area (Å²) in [6.07, 6.45) is 1.51. The van der Waals surface area contributed by atoms with Gasteiger partial charge in [-0.05, 0) is 36.8 Å². The highest BCUT2D eigenvalue weighted by Crippen LogP contribution is 2.35. The lowest BCUT2D eigenvalue weighted by Crippen LogP contribution is -2.32. The average molecular weight is 408 g/mol. The highest BCUT2D eigenvalue weighted by atomic mass is 16.5. The molecule has 30 heavy (non-hydrogen) atoms. The smallest absolute Gasteiger partial charge is 0.278 e. The van der Waals surface area contributed by atoms with Crippen LogP contribution in [0.2, 0.25) is 0 Å². The van der Waals surface area contributed by atoms with E-state index in [0.29, 0.717) is 35.1 Å². The molecule has 0 radical (unpaired) electrons. The first kappa shape index (κ1) is 21.0. The van der Waals surface area contributed by atoms with Gasteiger partial charge in [-0.2, -0.15) is 0 Å². The summed E-state index contributed by atoms with van der Waals surface area (Å²) < 4.78 is 16.1. The monoisotopic (exact) mass is 408 g/mol. The number of hydrogen-bond acceptors (Lipinski definition) is 6. The van der Waals surface area contributed by atoms with Crippen molar-refractivity contribution in [3.63, 3.8) is 0 Å². The fourth-order valence-corrected chi connectivity index (χ4v) is 3.19. The molecule has 0 atom stereocenters. The zero-order valence-electron chi connectivity index (χ0n) is 17.2. The van der Waals surface area contributed by atoms with Gasteiger partial charge in [0.1, 0.15) is 22.9 Å². The number of rotatable bonds is 9. The largest absolute Gasteiger partial charge is 0.497 e. The number of carbonyl (C=O) groups is 2. The fraction of sp³-hybridized carbons (Fsp3) is 0.217. The number of imide groups is 1. The highest BCUT2D eigenvalue weighted by molar-refractivity contribution is 6.36. The molecule has 1 heterocycles. The number of anilines is 1. The molecule has 7 nitrogen and oxygen atoms in total. The summed E-state index contributed by atoms with van der Waals surface area (Å²) in [6, 6.07) is 12.2. The molecule has 3 rings (SSSR count). The third-order valence-electron chi connectivity index (χ3n) is 4.60. The predicted octanol–water partition coefficient (Wildman–Crippen LogP) is 3.48. The van der Waals surface area contributed by atoms with E-state index in [4.69, 9.17) is 14.2 Å².